The Morgan fingerprint density at radius 2 is 1.81 bits per heavy atom. The van der Waals surface area contributed by atoms with Gasteiger partial charge in [-0.15, -0.1) is 0 Å². The lowest BCUT2D eigenvalue weighted by molar-refractivity contribution is -0.119. The molecule has 16 heavy (non-hydrogen) atoms. The molecule has 0 aromatic rings. The van der Waals surface area contributed by atoms with E-state index in [2.05, 4.69) is 17.1 Å². The van der Waals surface area contributed by atoms with Gasteiger partial charge in [-0.1, -0.05) is 27.7 Å². The lowest BCUT2D eigenvalue weighted by Crippen LogP contribution is -2.40. The topological polar surface area (TPSA) is 44.7 Å². The smallest absolute Gasteiger partial charge is 0.216 e. The van der Waals surface area contributed by atoms with E-state index in [1.807, 2.05) is 39.8 Å². The highest BCUT2D eigenvalue weighted by molar-refractivity contribution is 5.72. The highest BCUT2D eigenvalue weighted by Gasteiger charge is 2.46. The number of hydrogen-bond donors (Lipinski definition) is 1. The predicted octanol–water partition coefficient (Wildman–Crippen LogP) is 2.25. The third-order valence-electron chi connectivity index (χ3n) is 2.39. The van der Waals surface area contributed by atoms with Gasteiger partial charge in [-0.25, -0.2) is 0 Å². The molecule has 0 atom stereocenters. The average Bonchev–Trinajstić information content (AvgIpc) is 3.12. The minimum absolute atomic E-state index is 0.0127. The van der Waals surface area contributed by atoms with Crippen LogP contribution in [0.25, 0.3) is 0 Å². The molecule has 0 radical (unpaired) electrons. The molecular weight excluding hydrogens is 202 g/mol. The van der Waals surface area contributed by atoms with Crippen LogP contribution in [0.1, 0.15) is 47.5 Å². The summed E-state index contributed by atoms with van der Waals surface area (Å²) in [4.78, 5) is 10.7. The monoisotopic (exact) mass is 229 g/mol. The highest BCUT2D eigenvalue weighted by atomic mass is 16.1. The van der Waals surface area contributed by atoms with E-state index in [-0.39, 0.29) is 11.4 Å². The van der Waals surface area contributed by atoms with Crippen LogP contribution < -0.4 is 5.32 Å². The maximum Gasteiger partial charge on any atom is 0.216 e. The van der Waals surface area contributed by atoms with Crippen LogP contribution in [0.3, 0.4) is 0 Å². The van der Waals surface area contributed by atoms with Crippen LogP contribution in [-0.4, -0.2) is 36.8 Å². The number of carbonyl (C=O) groups excluding carboxylic acids is 1. The van der Waals surface area contributed by atoms with Crippen molar-refractivity contribution >= 4 is 12.6 Å². The molecule has 0 aliphatic heterocycles. The maximum absolute atomic E-state index is 10.7. The molecule has 0 unspecified atom stereocenters. The summed E-state index contributed by atoms with van der Waals surface area (Å²) < 4.78 is 0. The maximum atomic E-state index is 10.7. The highest BCUT2D eigenvalue weighted by Crippen LogP contribution is 2.40. The van der Waals surface area contributed by atoms with E-state index in [4.69, 9.17) is 0 Å². The molecule has 0 bridgehead atoms. The lowest BCUT2D eigenvalue weighted by atomic mass is 10.2. The van der Waals surface area contributed by atoms with Crippen molar-refractivity contribution in [2.24, 2.45) is 5.10 Å². The number of hydrazone groups is 1. The van der Waals surface area contributed by atoms with Crippen molar-refractivity contribution in [2.45, 2.75) is 53.0 Å². The summed E-state index contributed by atoms with van der Waals surface area (Å²) in [6.45, 7) is 13.7. The number of hydrogen-bond acceptors (Lipinski definition) is 3. The second-order valence-corrected chi connectivity index (χ2v) is 3.30. The molecule has 0 spiro atoms. The fourth-order valence-corrected chi connectivity index (χ4v) is 1.20. The number of rotatable bonds is 4. The predicted molar refractivity (Wildman–Crippen MR) is 70.7 cm³/mol. The molecule has 0 heterocycles. The van der Waals surface area contributed by atoms with Gasteiger partial charge < -0.3 is 5.32 Å². The molecule has 4 nitrogen and oxygen atoms in total. The standard InChI is InChI=1S/C8H15N3O.2C2H6/c1-7(12)10-6-8(4-5-8)11(3)9-2;2*1-2/h2,4-6H2,1,3H3,(H,10,12);2*1-2H3. The Morgan fingerprint density at radius 3 is 2.06 bits per heavy atom. The normalized spacial score (nSPS) is 14.4. The summed E-state index contributed by atoms with van der Waals surface area (Å²) in [5.74, 6) is 0.0127. The molecule has 96 valence electrons. The van der Waals surface area contributed by atoms with Gasteiger partial charge in [-0.2, -0.15) is 5.10 Å². The molecule has 0 aromatic carbocycles. The zero-order valence-corrected chi connectivity index (χ0v) is 11.6. The zero-order chi connectivity index (χ0) is 13.2. The van der Waals surface area contributed by atoms with Crippen LogP contribution in [0.2, 0.25) is 0 Å². The Hall–Kier alpha value is -1.06. The summed E-state index contributed by atoms with van der Waals surface area (Å²) in [5.41, 5.74) is 0.0629. The van der Waals surface area contributed by atoms with Gasteiger partial charge in [-0.3, -0.25) is 9.80 Å². The molecule has 0 aromatic heterocycles. The molecular formula is C12H27N3O. The van der Waals surface area contributed by atoms with Gasteiger partial charge in [0.15, 0.2) is 0 Å². The molecule has 0 saturated heterocycles. The fraction of sp³-hybridized carbons (Fsp3) is 0.833. The molecule has 1 aliphatic rings. The van der Waals surface area contributed by atoms with Crippen LogP contribution in [0, 0.1) is 0 Å². The van der Waals surface area contributed by atoms with Crippen molar-refractivity contribution in [1.82, 2.24) is 10.3 Å². The number of carbonyl (C=O) groups is 1. The summed E-state index contributed by atoms with van der Waals surface area (Å²) in [5, 5.41) is 8.46. The van der Waals surface area contributed by atoms with Crippen LogP contribution in [0.5, 0.6) is 0 Å². The van der Waals surface area contributed by atoms with Crippen molar-refractivity contribution in [1.29, 1.82) is 0 Å². The van der Waals surface area contributed by atoms with Gasteiger partial charge in [0, 0.05) is 27.2 Å². The first kappa shape index (κ1) is 17.3. The number of nitrogens with one attached hydrogen (secondary N) is 1. The van der Waals surface area contributed by atoms with Crippen molar-refractivity contribution in [2.75, 3.05) is 13.6 Å². The summed E-state index contributed by atoms with van der Waals surface area (Å²) in [7, 11) is 1.89. The van der Waals surface area contributed by atoms with E-state index in [1.54, 1.807) is 0 Å². The van der Waals surface area contributed by atoms with E-state index >= 15 is 0 Å². The number of amides is 1. The Labute approximate surface area is 100 Å². The zero-order valence-electron chi connectivity index (χ0n) is 11.6. The van der Waals surface area contributed by atoms with E-state index in [0.29, 0.717) is 6.54 Å². The van der Waals surface area contributed by atoms with Gasteiger partial charge in [0.25, 0.3) is 0 Å². The molecule has 1 aliphatic carbocycles. The van der Waals surface area contributed by atoms with Crippen molar-refractivity contribution < 1.29 is 4.79 Å². The molecule has 4 heteroatoms. The van der Waals surface area contributed by atoms with E-state index in [0.717, 1.165) is 12.8 Å². The van der Waals surface area contributed by atoms with Crippen LogP contribution >= 0.6 is 0 Å². The quantitative estimate of drug-likeness (QED) is 0.593. The second-order valence-electron chi connectivity index (χ2n) is 3.30. The van der Waals surface area contributed by atoms with Crippen molar-refractivity contribution in [3.63, 3.8) is 0 Å². The summed E-state index contributed by atoms with van der Waals surface area (Å²) in [6, 6.07) is 0. The molecule has 1 rings (SSSR count). The summed E-state index contributed by atoms with van der Waals surface area (Å²) in [6.07, 6.45) is 2.17. The first-order chi connectivity index (χ1) is 7.60. The number of likely N-dealkylation sites (N-methyl/N-ethyl adjacent to an activating group) is 1. The fourth-order valence-electron chi connectivity index (χ4n) is 1.20. The molecule has 1 saturated carbocycles. The van der Waals surface area contributed by atoms with Crippen molar-refractivity contribution in [3.8, 4) is 0 Å². The van der Waals surface area contributed by atoms with E-state index < -0.39 is 0 Å². The largest absolute Gasteiger partial charge is 0.354 e. The van der Waals surface area contributed by atoms with Crippen LogP contribution in [-0.2, 0) is 4.79 Å². The van der Waals surface area contributed by atoms with Gasteiger partial charge in [0.1, 0.15) is 0 Å². The Morgan fingerprint density at radius 1 is 1.38 bits per heavy atom. The Bertz CT molecular complexity index is 200. The van der Waals surface area contributed by atoms with Crippen LogP contribution in [0.4, 0.5) is 0 Å². The Balaban J connectivity index is 0. The number of nitrogens with zero attached hydrogens (tertiary/aromatic N) is 2. The second kappa shape index (κ2) is 9.19. The first-order valence-electron chi connectivity index (χ1n) is 6.06. The van der Waals surface area contributed by atoms with E-state index in [9.17, 15) is 4.79 Å². The first-order valence-corrected chi connectivity index (χ1v) is 6.06. The van der Waals surface area contributed by atoms with Gasteiger partial charge in [0.2, 0.25) is 5.91 Å². The molecule has 1 N–H and O–H groups in total. The van der Waals surface area contributed by atoms with Gasteiger partial charge in [0.05, 0.1) is 5.54 Å². The molecule has 1 amide bonds. The van der Waals surface area contributed by atoms with Crippen molar-refractivity contribution in [3.05, 3.63) is 0 Å². The third-order valence-corrected chi connectivity index (χ3v) is 2.39. The lowest BCUT2D eigenvalue weighted by Gasteiger charge is -2.24. The third kappa shape index (κ3) is 5.73. The molecule has 1 fully saturated rings. The Kier molecular flexibility index (Phi) is 9.96. The minimum Gasteiger partial charge on any atom is -0.354 e. The SMILES string of the molecule is C=NN(C)C1(CNC(C)=O)CC1.CC.CC. The van der Waals surface area contributed by atoms with E-state index in [1.165, 1.54) is 6.92 Å². The van der Waals surface area contributed by atoms with Gasteiger partial charge >= 0.3 is 0 Å². The van der Waals surface area contributed by atoms with Crippen LogP contribution in [0.15, 0.2) is 5.10 Å². The minimum atomic E-state index is 0.0127. The van der Waals surface area contributed by atoms with Gasteiger partial charge in [-0.05, 0) is 12.8 Å². The summed E-state index contributed by atoms with van der Waals surface area (Å²) >= 11 is 0. The average molecular weight is 229 g/mol.